The lowest BCUT2D eigenvalue weighted by atomic mass is 9.92. The molecule has 2 N–H and O–H groups in total. The van der Waals surface area contributed by atoms with Crippen LogP contribution < -0.4 is 10.7 Å². The number of nitrogens with one attached hydrogen (secondary N) is 2. The summed E-state index contributed by atoms with van der Waals surface area (Å²) in [5.41, 5.74) is 4.79. The van der Waals surface area contributed by atoms with Crippen molar-refractivity contribution >= 4 is 17.8 Å². The van der Waals surface area contributed by atoms with Gasteiger partial charge in [0.15, 0.2) is 0 Å². The number of aryl methyl sites for hydroxylation is 2. The number of rotatable bonds is 4. The van der Waals surface area contributed by atoms with Crippen LogP contribution in [0.5, 0.6) is 0 Å². The molecule has 0 spiro atoms. The molecule has 1 atom stereocenters. The highest BCUT2D eigenvalue weighted by Gasteiger charge is 2.50. The number of urea groups is 1. The second-order valence-electron chi connectivity index (χ2n) is 7.39. The second-order valence-corrected chi connectivity index (χ2v) is 7.39. The number of imide groups is 1. The molecule has 1 fully saturated rings. The number of amides is 4. The van der Waals surface area contributed by atoms with Gasteiger partial charge in [-0.25, -0.2) is 9.48 Å². The van der Waals surface area contributed by atoms with Crippen LogP contribution in [0.15, 0.2) is 60.7 Å². The first kappa shape index (κ1) is 19.4. The SMILES string of the molecule is Cc1cc(C)n(-c2ccc(C(=O)NN3C(=O)NC(C)(c4ccccc4)C3=O)cc2)n1. The Balaban J connectivity index is 1.52. The van der Waals surface area contributed by atoms with Gasteiger partial charge in [-0.05, 0) is 56.7 Å². The Kier molecular flexibility index (Phi) is 4.62. The van der Waals surface area contributed by atoms with E-state index in [2.05, 4.69) is 15.8 Å². The predicted molar refractivity (Wildman–Crippen MR) is 110 cm³/mol. The van der Waals surface area contributed by atoms with Gasteiger partial charge in [0.1, 0.15) is 5.54 Å². The first-order valence-electron chi connectivity index (χ1n) is 9.46. The van der Waals surface area contributed by atoms with Crippen LogP contribution in [0, 0.1) is 13.8 Å². The van der Waals surface area contributed by atoms with Crippen molar-refractivity contribution in [2.24, 2.45) is 0 Å². The fraction of sp³-hybridized carbons (Fsp3) is 0.182. The molecule has 30 heavy (non-hydrogen) atoms. The Hall–Kier alpha value is -3.94. The van der Waals surface area contributed by atoms with E-state index in [1.807, 2.05) is 26.0 Å². The van der Waals surface area contributed by atoms with Crippen LogP contribution in [0.4, 0.5) is 4.79 Å². The lowest BCUT2D eigenvalue weighted by Gasteiger charge is -2.22. The number of hydrogen-bond acceptors (Lipinski definition) is 4. The molecule has 1 aliphatic heterocycles. The summed E-state index contributed by atoms with van der Waals surface area (Å²) in [6, 6.07) is 16.9. The molecular weight excluding hydrogens is 382 g/mol. The number of nitrogens with zero attached hydrogens (tertiary/aromatic N) is 3. The van der Waals surface area contributed by atoms with Crippen LogP contribution in [0.2, 0.25) is 0 Å². The first-order chi connectivity index (χ1) is 14.3. The fourth-order valence-electron chi connectivity index (χ4n) is 3.52. The average molecular weight is 403 g/mol. The van der Waals surface area contributed by atoms with Crippen LogP contribution in [0.3, 0.4) is 0 Å². The second kappa shape index (κ2) is 7.14. The molecule has 152 valence electrons. The van der Waals surface area contributed by atoms with E-state index in [1.165, 1.54) is 0 Å². The summed E-state index contributed by atoms with van der Waals surface area (Å²) in [6.07, 6.45) is 0. The fourth-order valence-corrected chi connectivity index (χ4v) is 3.52. The monoisotopic (exact) mass is 403 g/mol. The van der Waals surface area contributed by atoms with E-state index in [9.17, 15) is 14.4 Å². The molecule has 2 aromatic carbocycles. The number of hydrogen-bond donors (Lipinski definition) is 2. The summed E-state index contributed by atoms with van der Waals surface area (Å²) in [5, 5.41) is 7.79. The zero-order chi connectivity index (χ0) is 21.5. The van der Waals surface area contributed by atoms with Crippen LogP contribution in [-0.4, -0.2) is 32.6 Å². The number of aromatic nitrogens is 2. The maximum Gasteiger partial charge on any atom is 0.344 e. The third kappa shape index (κ3) is 3.22. The topological polar surface area (TPSA) is 96.3 Å². The molecule has 0 bridgehead atoms. The quantitative estimate of drug-likeness (QED) is 0.655. The van der Waals surface area contributed by atoms with E-state index in [0.29, 0.717) is 11.1 Å². The molecular formula is C22H21N5O3. The molecule has 1 saturated heterocycles. The third-order valence-electron chi connectivity index (χ3n) is 5.14. The summed E-state index contributed by atoms with van der Waals surface area (Å²) in [4.78, 5) is 37.9. The number of carbonyl (C=O) groups is 3. The van der Waals surface area contributed by atoms with Gasteiger partial charge in [0, 0.05) is 11.3 Å². The van der Waals surface area contributed by atoms with Crippen molar-refractivity contribution in [2.75, 3.05) is 0 Å². The minimum Gasteiger partial charge on any atom is -0.318 e. The van der Waals surface area contributed by atoms with Gasteiger partial charge in [0.2, 0.25) is 0 Å². The van der Waals surface area contributed by atoms with E-state index in [-0.39, 0.29) is 0 Å². The maximum atomic E-state index is 12.9. The highest BCUT2D eigenvalue weighted by atomic mass is 16.2. The van der Waals surface area contributed by atoms with Crippen molar-refractivity contribution in [3.8, 4) is 5.69 Å². The maximum absolute atomic E-state index is 12.9. The average Bonchev–Trinajstić information content (AvgIpc) is 3.19. The Morgan fingerprint density at radius 3 is 2.30 bits per heavy atom. The van der Waals surface area contributed by atoms with Gasteiger partial charge < -0.3 is 5.32 Å². The minimum absolute atomic E-state index is 0.314. The highest BCUT2D eigenvalue weighted by molar-refractivity contribution is 6.09. The summed E-state index contributed by atoms with van der Waals surface area (Å²) >= 11 is 0. The number of hydrazine groups is 1. The molecule has 4 amide bonds. The number of benzene rings is 2. The summed E-state index contributed by atoms with van der Waals surface area (Å²) in [6.45, 7) is 5.46. The van der Waals surface area contributed by atoms with Crippen molar-refractivity contribution in [3.63, 3.8) is 0 Å². The molecule has 8 nitrogen and oxygen atoms in total. The smallest absolute Gasteiger partial charge is 0.318 e. The Morgan fingerprint density at radius 2 is 1.70 bits per heavy atom. The van der Waals surface area contributed by atoms with Gasteiger partial charge in [0.25, 0.3) is 11.8 Å². The Bertz CT molecular complexity index is 1140. The summed E-state index contributed by atoms with van der Waals surface area (Å²) in [5.74, 6) is -1.11. The summed E-state index contributed by atoms with van der Waals surface area (Å²) < 4.78 is 1.78. The largest absolute Gasteiger partial charge is 0.344 e. The van der Waals surface area contributed by atoms with E-state index in [4.69, 9.17) is 0 Å². The summed E-state index contributed by atoms with van der Waals surface area (Å²) in [7, 11) is 0. The van der Waals surface area contributed by atoms with Gasteiger partial charge in [0.05, 0.1) is 11.4 Å². The number of carbonyl (C=O) groups excluding carboxylic acids is 3. The van der Waals surface area contributed by atoms with Crippen molar-refractivity contribution in [1.29, 1.82) is 0 Å². The van der Waals surface area contributed by atoms with Gasteiger partial charge >= 0.3 is 6.03 Å². The van der Waals surface area contributed by atoms with Crippen molar-refractivity contribution < 1.29 is 14.4 Å². The van der Waals surface area contributed by atoms with Crippen LogP contribution in [0.25, 0.3) is 5.69 Å². The minimum atomic E-state index is -1.25. The van der Waals surface area contributed by atoms with Gasteiger partial charge in [-0.3, -0.25) is 15.0 Å². The van der Waals surface area contributed by atoms with Crippen LogP contribution in [0.1, 0.15) is 34.2 Å². The third-order valence-corrected chi connectivity index (χ3v) is 5.14. The van der Waals surface area contributed by atoms with E-state index >= 15 is 0 Å². The Labute approximate surface area is 173 Å². The van der Waals surface area contributed by atoms with Crippen molar-refractivity contribution in [1.82, 2.24) is 25.5 Å². The van der Waals surface area contributed by atoms with E-state index < -0.39 is 23.4 Å². The molecule has 1 aliphatic rings. The van der Waals surface area contributed by atoms with E-state index in [1.54, 1.807) is 60.1 Å². The normalized spacial score (nSPS) is 18.4. The van der Waals surface area contributed by atoms with Gasteiger partial charge in [-0.2, -0.15) is 10.1 Å². The molecule has 0 aliphatic carbocycles. The van der Waals surface area contributed by atoms with Gasteiger partial charge in [-0.1, -0.05) is 30.3 Å². The molecule has 8 heteroatoms. The zero-order valence-corrected chi connectivity index (χ0v) is 16.8. The molecule has 2 heterocycles. The van der Waals surface area contributed by atoms with Crippen molar-refractivity contribution in [3.05, 3.63) is 83.2 Å². The van der Waals surface area contributed by atoms with Crippen LogP contribution >= 0.6 is 0 Å². The Morgan fingerprint density at radius 1 is 1.03 bits per heavy atom. The standard InChI is InChI=1S/C22H21N5O3/c1-14-13-15(2)26(24-14)18-11-9-16(10-12-18)19(28)25-27-20(29)22(3,23-21(27)30)17-7-5-4-6-8-17/h4-13H,1-3H3,(H,23,30)(H,25,28). The molecule has 3 aromatic rings. The molecule has 0 saturated carbocycles. The predicted octanol–water partition coefficient (Wildman–Crippen LogP) is 2.60. The first-order valence-corrected chi connectivity index (χ1v) is 9.46. The van der Waals surface area contributed by atoms with Crippen LogP contribution in [-0.2, 0) is 10.3 Å². The van der Waals surface area contributed by atoms with Gasteiger partial charge in [-0.15, -0.1) is 0 Å². The molecule has 1 unspecified atom stereocenters. The molecule has 4 rings (SSSR count). The molecule has 1 aromatic heterocycles. The highest BCUT2D eigenvalue weighted by Crippen LogP contribution is 2.27. The van der Waals surface area contributed by atoms with E-state index in [0.717, 1.165) is 22.1 Å². The lowest BCUT2D eigenvalue weighted by molar-refractivity contribution is -0.132. The van der Waals surface area contributed by atoms with Crippen molar-refractivity contribution in [2.45, 2.75) is 26.3 Å². The lowest BCUT2D eigenvalue weighted by Crippen LogP contribution is -2.47. The zero-order valence-electron chi connectivity index (χ0n) is 16.8. The molecule has 0 radical (unpaired) electrons.